The molecule has 1 N–H and O–H groups in total. The van der Waals surface area contributed by atoms with Crippen molar-refractivity contribution in [2.75, 3.05) is 5.32 Å². The lowest BCUT2D eigenvalue weighted by molar-refractivity contribution is -0.384. The van der Waals surface area contributed by atoms with Gasteiger partial charge in [0, 0.05) is 17.8 Å². The number of carbonyl (C=O) groups excluding carboxylic acids is 1. The average molecular weight is 362 g/mol. The Morgan fingerprint density at radius 2 is 1.85 bits per heavy atom. The topological polar surface area (TPSA) is 85.4 Å². The summed E-state index contributed by atoms with van der Waals surface area (Å²) >= 11 is 0. The molecule has 0 aliphatic heterocycles. The van der Waals surface area contributed by atoms with E-state index in [1.165, 1.54) is 18.2 Å². The number of nitrogens with one attached hydrogen (secondary N) is 1. The summed E-state index contributed by atoms with van der Waals surface area (Å²) in [5, 5.41) is 14.0. The zero-order valence-electron chi connectivity index (χ0n) is 14.7. The maximum atomic E-state index is 12.1. The molecule has 0 aliphatic carbocycles. The van der Waals surface area contributed by atoms with E-state index in [2.05, 4.69) is 5.32 Å². The molecular weight excluding hydrogens is 344 g/mol. The first-order valence-corrected chi connectivity index (χ1v) is 8.49. The van der Waals surface area contributed by atoms with E-state index in [0.717, 1.165) is 17.7 Å². The molecule has 0 atom stereocenters. The molecule has 0 unspecified atom stereocenters. The number of amides is 1. The third-order valence-corrected chi connectivity index (χ3v) is 4.05. The van der Waals surface area contributed by atoms with Crippen LogP contribution in [0.1, 0.15) is 18.2 Å². The van der Waals surface area contributed by atoms with Gasteiger partial charge in [0.2, 0.25) is 5.91 Å². The van der Waals surface area contributed by atoms with Crippen molar-refractivity contribution in [3.63, 3.8) is 0 Å². The molecule has 0 radical (unpaired) electrons. The number of nitro benzene ring substituents is 1. The Kier molecular flexibility index (Phi) is 5.47. The molecule has 3 rings (SSSR count). The number of hydrogen-bond acceptors (Lipinski definition) is 4. The largest absolute Gasteiger partial charge is 0.456 e. The van der Waals surface area contributed by atoms with Crippen molar-refractivity contribution in [2.24, 2.45) is 0 Å². The highest BCUT2D eigenvalue weighted by Crippen LogP contribution is 2.31. The van der Waals surface area contributed by atoms with E-state index in [-0.39, 0.29) is 11.6 Å². The zero-order valence-corrected chi connectivity index (χ0v) is 14.7. The van der Waals surface area contributed by atoms with Crippen LogP contribution in [0.4, 0.5) is 11.4 Å². The molecule has 0 aliphatic rings. The molecule has 0 fully saturated rings. The van der Waals surface area contributed by atoms with Crippen LogP contribution < -0.4 is 5.32 Å². The van der Waals surface area contributed by atoms with Crippen LogP contribution in [-0.2, 0) is 11.2 Å². The summed E-state index contributed by atoms with van der Waals surface area (Å²) in [6.45, 7) is 2.02. The number of nitrogens with zero attached hydrogens (tertiary/aromatic N) is 1. The lowest BCUT2D eigenvalue weighted by atomic mass is 10.1. The van der Waals surface area contributed by atoms with Crippen LogP contribution >= 0.6 is 0 Å². The Hall–Kier alpha value is -3.67. The van der Waals surface area contributed by atoms with Gasteiger partial charge < -0.3 is 9.73 Å². The van der Waals surface area contributed by atoms with Gasteiger partial charge in [-0.3, -0.25) is 14.9 Å². The monoisotopic (exact) mass is 362 g/mol. The molecule has 0 saturated heterocycles. The van der Waals surface area contributed by atoms with Crippen molar-refractivity contribution in [3.8, 4) is 11.3 Å². The summed E-state index contributed by atoms with van der Waals surface area (Å²) in [5.41, 5.74) is 2.19. The van der Waals surface area contributed by atoms with Gasteiger partial charge in [-0.1, -0.05) is 37.3 Å². The number of benzene rings is 2. The predicted molar refractivity (Wildman–Crippen MR) is 104 cm³/mol. The number of para-hydroxylation sites is 2. The lowest BCUT2D eigenvalue weighted by Gasteiger charge is -2.07. The fourth-order valence-corrected chi connectivity index (χ4v) is 2.71. The van der Waals surface area contributed by atoms with Crippen LogP contribution in [0.3, 0.4) is 0 Å². The van der Waals surface area contributed by atoms with Crippen LogP contribution in [0.25, 0.3) is 17.4 Å². The highest BCUT2D eigenvalue weighted by Gasteiger charge is 2.16. The minimum Gasteiger partial charge on any atom is -0.456 e. The molecule has 1 amide bonds. The van der Waals surface area contributed by atoms with Crippen LogP contribution in [0.2, 0.25) is 0 Å². The van der Waals surface area contributed by atoms with Crippen molar-refractivity contribution in [1.82, 2.24) is 0 Å². The smallest absolute Gasteiger partial charge is 0.280 e. The van der Waals surface area contributed by atoms with Crippen LogP contribution in [0, 0.1) is 10.1 Å². The second-order valence-electron chi connectivity index (χ2n) is 5.81. The van der Waals surface area contributed by atoms with E-state index >= 15 is 0 Å². The standard InChI is InChI=1S/C21H18N2O4/c1-2-15-7-3-5-9-18(15)22-21(24)14-12-16-11-13-20(27-16)17-8-4-6-10-19(17)23(25)26/h3-14H,2H2,1H3,(H,22,24)/b14-12+. The summed E-state index contributed by atoms with van der Waals surface area (Å²) in [7, 11) is 0. The molecule has 6 nitrogen and oxygen atoms in total. The number of anilines is 1. The molecule has 6 heteroatoms. The predicted octanol–water partition coefficient (Wildman–Crippen LogP) is 5.07. The van der Waals surface area contributed by atoms with E-state index in [9.17, 15) is 14.9 Å². The fourth-order valence-electron chi connectivity index (χ4n) is 2.71. The van der Waals surface area contributed by atoms with Gasteiger partial charge in [-0.05, 0) is 42.3 Å². The van der Waals surface area contributed by atoms with Gasteiger partial charge in [-0.25, -0.2) is 0 Å². The number of nitro groups is 1. The Balaban J connectivity index is 1.74. The van der Waals surface area contributed by atoms with Gasteiger partial charge in [-0.15, -0.1) is 0 Å². The Bertz CT molecular complexity index is 1000. The Morgan fingerprint density at radius 1 is 1.11 bits per heavy atom. The van der Waals surface area contributed by atoms with Crippen molar-refractivity contribution < 1.29 is 14.1 Å². The quantitative estimate of drug-likeness (QED) is 0.377. The number of rotatable bonds is 6. The fraction of sp³-hybridized carbons (Fsp3) is 0.0952. The number of aryl methyl sites for hydroxylation is 1. The summed E-state index contributed by atoms with van der Waals surface area (Å²) in [6.07, 6.45) is 3.72. The van der Waals surface area contributed by atoms with Gasteiger partial charge in [0.05, 0.1) is 10.5 Å². The molecule has 27 heavy (non-hydrogen) atoms. The maximum Gasteiger partial charge on any atom is 0.280 e. The molecule has 0 spiro atoms. The highest BCUT2D eigenvalue weighted by molar-refractivity contribution is 6.02. The van der Waals surface area contributed by atoms with E-state index in [0.29, 0.717) is 17.1 Å². The van der Waals surface area contributed by atoms with E-state index in [4.69, 9.17) is 4.42 Å². The molecule has 3 aromatic rings. The number of furan rings is 1. The average Bonchev–Trinajstić information content (AvgIpc) is 3.15. The van der Waals surface area contributed by atoms with Crippen molar-refractivity contribution in [1.29, 1.82) is 0 Å². The lowest BCUT2D eigenvalue weighted by Crippen LogP contribution is -2.09. The first kappa shape index (κ1) is 18.1. The normalized spacial score (nSPS) is 10.9. The molecule has 1 aromatic heterocycles. The Morgan fingerprint density at radius 3 is 2.63 bits per heavy atom. The van der Waals surface area contributed by atoms with Gasteiger partial charge >= 0.3 is 0 Å². The SMILES string of the molecule is CCc1ccccc1NC(=O)/C=C/c1ccc(-c2ccccc2[N+](=O)[O-])o1. The highest BCUT2D eigenvalue weighted by atomic mass is 16.6. The Labute approximate surface area is 156 Å². The van der Waals surface area contributed by atoms with Crippen LogP contribution in [0.15, 0.2) is 71.2 Å². The second kappa shape index (κ2) is 8.14. The first-order valence-electron chi connectivity index (χ1n) is 8.49. The molecular formula is C21H18N2O4. The molecule has 1 heterocycles. The number of carbonyl (C=O) groups is 1. The summed E-state index contributed by atoms with van der Waals surface area (Å²) in [5.74, 6) is 0.528. The van der Waals surface area contributed by atoms with E-state index in [1.54, 1.807) is 30.3 Å². The molecule has 136 valence electrons. The number of hydrogen-bond donors (Lipinski definition) is 1. The van der Waals surface area contributed by atoms with Gasteiger partial charge in [-0.2, -0.15) is 0 Å². The second-order valence-corrected chi connectivity index (χ2v) is 5.81. The summed E-state index contributed by atoms with van der Waals surface area (Å²) in [4.78, 5) is 22.8. The third kappa shape index (κ3) is 4.30. The third-order valence-electron chi connectivity index (χ3n) is 4.05. The first-order chi connectivity index (χ1) is 13.1. The minimum atomic E-state index is -0.452. The summed E-state index contributed by atoms with van der Waals surface area (Å²) < 4.78 is 5.63. The summed E-state index contributed by atoms with van der Waals surface area (Å²) in [6, 6.07) is 17.3. The van der Waals surface area contributed by atoms with E-state index in [1.807, 2.05) is 31.2 Å². The van der Waals surface area contributed by atoms with Crippen LogP contribution in [-0.4, -0.2) is 10.8 Å². The van der Waals surface area contributed by atoms with E-state index < -0.39 is 4.92 Å². The molecule has 0 saturated carbocycles. The van der Waals surface area contributed by atoms with Crippen molar-refractivity contribution in [2.45, 2.75) is 13.3 Å². The zero-order chi connectivity index (χ0) is 19.2. The van der Waals surface area contributed by atoms with Gasteiger partial charge in [0.15, 0.2) is 0 Å². The minimum absolute atomic E-state index is 0.0312. The van der Waals surface area contributed by atoms with Gasteiger partial charge in [0.1, 0.15) is 11.5 Å². The molecule has 2 aromatic carbocycles. The maximum absolute atomic E-state index is 12.1. The van der Waals surface area contributed by atoms with Gasteiger partial charge in [0.25, 0.3) is 5.69 Å². The van der Waals surface area contributed by atoms with Crippen molar-refractivity contribution >= 4 is 23.4 Å². The molecule has 0 bridgehead atoms. The van der Waals surface area contributed by atoms with Crippen LogP contribution in [0.5, 0.6) is 0 Å². The van der Waals surface area contributed by atoms with Crippen molar-refractivity contribution in [3.05, 3.63) is 88.2 Å².